The third-order valence-corrected chi connectivity index (χ3v) is 3.89. The van der Waals surface area contributed by atoms with Gasteiger partial charge in [-0.25, -0.2) is 0 Å². The Morgan fingerprint density at radius 3 is 3.06 bits per heavy atom. The van der Waals surface area contributed by atoms with Gasteiger partial charge in [0.2, 0.25) is 0 Å². The van der Waals surface area contributed by atoms with E-state index in [0.29, 0.717) is 5.92 Å². The maximum atomic E-state index is 4.42. The highest BCUT2D eigenvalue weighted by atomic mass is 15.3. The number of hydrogen-bond donors (Lipinski definition) is 0. The summed E-state index contributed by atoms with van der Waals surface area (Å²) in [5.74, 6) is 1.65. The number of piperidine rings is 1. The molecule has 4 heteroatoms. The summed E-state index contributed by atoms with van der Waals surface area (Å²) in [7, 11) is 0. The number of aryl methyl sites for hydroxylation is 1. The molecule has 1 fully saturated rings. The zero-order chi connectivity index (χ0) is 12.5. The molecule has 96 valence electrons. The highest BCUT2D eigenvalue weighted by Gasteiger charge is 2.24. The van der Waals surface area contributed by atoms with Gasteiger partial charge in [0.15, 0.2) is 5.65 Å². The topological polar surface area (TPSA) is 33.4 Å². The van der Waals surface area contributed by atoms with Crippen molar-refractivity contribution in [3.05, 3.63) is 29.7 Å². The summed E-state index contributed by atoms with van der Waals surface area (Å²) >= 11 is 0. The van der Waals surface area contributed by atoms with Crippen molar-refractivity contribution in [1.82, 2.24) is 19.5 Å². The van der Waals surface area contributed by atoms with E-state index in [4.69, 9.17) is 0 Å². The average molecular weight is 244 g/mol. The van der Waals surface area contributed by atoms with Crippen LogP contribution in [0.5, 0.6) is 0 Å². The number of fused-ring (bicyclic) bond motifs is 1. The van der Waals surface area contributed by atoms with Crippen LogP contribution in [0.15, 0.2) is 18.3 Å². The molecule has 1 aliphatic rings. The second-order valence-electron chi connectivity index (χ2n) is 5.23. The summed E-state index contributed by atoms with van der Waals surface area (Å²) < 4.78 is 2.17. The molecule has 1 aliphatic heterocycles. The first-order valence-electron chi connectivity index (χ1n) is 6.81. The molecule has 0 saturated carbocycles. The lowest BCUT2D eigenvalue weighted by atomic mass is 9.97. The molecule has 1 atom stereocenters. The summed E-state index contributed by atoms with van der Waals surface area (Å²) in [6.07, 6.45) is 4.64. The number of nitrogens with zero attached hydrogens (tertiary/aromatic N) is 4. The van der Waals surface area contributed by atoms with Crippen LogP contribution in [0.4, 0.5) is 0 Å². The zero-order valence-corrected chi connectivity index (χ0v) is 11.1. The Kier molecular flexibility index (Phi) is 3.04. The van der Waals surface area contributed by atoms with Crippen LogP contribution in [0.1, 0.15) is 37.1 Å². The SMILES string of the molecule is CCN1CCCC(c2nnc3ccc(C)cn23)C1. The zero-order valence-electron chi connectivity index (χ0n) is 11.1. The second-order valence-corrected chi connectivity index (χ2v) is 5.23. The fourth-order valence-corrected chi connectivity index (χ4v) is 2.85. The Bertz CT molecular complexity index is 546. The molecule has 4 nitrogen and oxygen atoms in total. The average Bonchev–Trinajstić information content (AvgIpc) is 2.81. The van der Waals surface area contributed by atoms with Crippen molar-refractivity contribution in [2.45, 2.75) is 32.6 Å². The van der Waals surface area contributed by atoms with Gasteiger partial charge in [-0.1, -0.05) is 13.0 Å². The highest BCUT2D eigenvalue weighted by molar-refractivity contribution is 5.39. The lowest BCUT2D eigenvalue weighted by molar-refractivity contribution is 0.213. The molecular formula is C14H20N4. The van der Waals surface area contributed by atoms with E-state index in [9.17, 15) is 0 Å². The van der Waals surface area contributed by atoms with Gasteiger partial charge in [0.1, 0.15) is 5.82 Å². The van der Waals surface area contributed by atoms with Crippen LogP contribution in [-0.2, 0) is 0 Å². The molecule has 1 saturated heterocycles. The summed E-state index contributed by atoms with van der Waals surface area (Å²) in [6.45, 7) is 7.82. The normalized spacial score (nSPS) is 21.6. The summed E-state index contributed by atoms with van der Waals surface area (Å²) in [5.41, 5.74) is 2.22. The van der Waals surface area contributed by atoms with E-state index in [2.05, 4.69) is 45.6 Å². The van der Waals surface area contributed by atoms with Crippen LogP contribution < -0.4 is 0 Å². The standard InChI is InChI=1S/C14H20N4/c1-3-17-8-4-5-12(10-17)14-16-15-13-7-6-11(2)9-18(13)14/h6-7,9,12H,3-5,8,10H2,1-2H3. The third kappa shape index (κ3) is 2.01. The first-order valence-corrected chi connectivity index (χ1v) is 6.81. The smallest absolute Gasteiger partial charge is 0.160 e. The molecular weight excluding hydrogens is 224 g/mol. The number of likely N-dealkylation sites (N-methyl/N-ethyl adjacent to an activating group) is 1. The number of pyridine rings is 1. The molecule has 0 aromatic carbocycles. The second kappa shape index (κ2) is 4.69. The maximum absolute atomic E-state index is 4.42. The van der Waals surface area contributed by atoms with Crippen molar-refractivity contribution in [1.29, 1.82) is 0 Å². The first-order chi connectivity index (χ1) is 8.78. The number of rotatable bonds is 2. The molecule has 0 N–H and O–H groups in total. The van der Waals surface area contributed by atoms with Gasteiger partial charge < -0.3 is 4.90 Å². The number of likely N-dealkylation sites (tertiary alicyclic amines) is 1. The predicted molar refractivity (Wildman–Crippen MR) is 71.8 cm³/mol. The van der Waals surface area contributed by atoms with Crippen LogP contribution in [0.3, 0.4) is 0 Å². The molecule has 18 heavy (non-hydrogen) atoms. The van der Waals surface area contributed by atoms with Crippen LogP contribution >= 0.6 is 0 Å². The van der Waals surface area contributed by atoms with Crippen molar-refractivity contribution in [2.24, 2.45) is 0 Å². The van der Waals surface area contributed by atoms with Crippen molar-refractivity contribution in [3.8, 4) is 0 Å². The minimum atomic E-state index is 0.524. The van der Waals surface area contributed by atoms with Gasteiger partial charge in [0.25, 0.3) is 0 Å². The minimum absolute atomic E-state index is 0.524. The van der Waals surface area contributed by atoms with Gasteiger partial charge in [-0.15, -0.1) is 10.2 Å². The Labute approximate surface area is 108 Å². The van der Waals surface area contributed by atoms with E-state index in [1.807, 2.05) is 6.07 Å². The summed E-state index contributed by atoms with van der Waals surface area (Å²) in [4.78, 5) is 2.50. The largest absolute Gasteiger partial charge is 0.303 e. The lowest BCUT2D eigenvalue weighted by Gasteiger charge is -2.30. The van der Waals surface area contributed by atoms with E-state index in [0.717, 1.165) is 24.6 Å². The predicted octanol–water partition coefficient (Wildman–Crippen LogP) is 2.24. The van der Waals surface area contributed by atoms with Gasteiger partial charge in [-0.2, -0.15) is 0 Å². The Balaban J connectivity index is 1.96. The van der Waals surface area contributed by atoms with E-state index in [1.54, 1.807) is 0 Å². The maximum Gasteiger partial charge on any atom is 0.160 e. The quantitative estimate of drug-likeness (QED) is 0.812. The minimum Gasteiger partial charge on any atom is -0.303 e. The highest BCUT2D eigenvalue weighted by Crippen LogP contribution is 2.25. The van der Waals surface area contributed by atoms with Crippen LogP contribution in [0.25, 0.3) is 5.65 Å². The lowest BCUT2D eigenvalue weighted by Crippen LogP contribution is -2.34. The molecule has 0 bridgehead atoms. The molecule has 0 amide bonds. The molecule has 0 aliphatic carbocycles. The first kappa shape index (κ1) is 11.7. The van der Waals surface area contributed by atoms with Gasteiger partial charge in [0.05, 0.1) is 0 Å². The van der Waals surface area contributed by atoms with Crippen LogP contribution in [-0.4, -0.2) is 39.1 Å². The fraction of sp³-hybridized carbons (Fsp3) is 0.571. The summed E-state index contributed by atoms with van der Waals surface area (Å²) in [5, 5.41) is 8.70. The molecule has 3 heterocycles. The van der Waals surface area contributed by atoms with Crippen molar-refractivity contribution < 1.29 is 0 Å². The summed E-state index contributed by atoms with van der Waals surface area (Å²) in [6, 6.07) is 4.14. The molecule has 2 aromatic rings. The van der Waals surface area contributed by atoms with Gasteiger partial charge >= 0.3 is 0 Å². The van der Waals surface area contributed by atoms with Crippen LogP contribution in [0, 0.1) is 6.92 Å². The molecule has 2 aromatic heterocycles. The van der Waals surface area contributed by atoms with Crippen molar-refractivity contribution in [3.63, 3.8) is 0 Å². The molecule has 1 unspecified atom stereocenters. The van der Waals surface area contributed by atoms with Crippen LogP contribution in [0.2, 0.25) is 0 Å². The Morgan fingerprint density at radius 2 is 2.22 bits per heavy atom. The molecule has 0 radical (unpaired) electrons. The Morgan fingerprint density at radius 1 is 1.33 bits per heavy atom. The van der Waals surface area contributed by atoms with E-state index >= 15 is 0 Å². The van der Waals surface area contributed by atoms with Crippen molar-refractivity contribution in [2.75, 3.05) is 19.6 Å². The molecule has 3 rings (SSSR count). The van der Waals surface area contributed by atoms with Gasteiger partial charge in [-0.05, 0) is 44.5 Å². The monoisotopic (exact) mass is 244 g/mol. The van der Waals surface area contributed by atoms with Gasteiger partial charge in [0, 0.05) is 18.7 Å². The van der Waals surface area contributed by atoms with Gasteiger partial charge in [-0.3, -0.25) is 4.40 Å². The van der Waals surface area contributed by atoms with E-state index < -0.39 is 0 Å². The fourth-order valence-electron chi connectivity index (χ4n) is 2.85. The van der Waals surface area contributed by atoms with E-state index in [1.165, 1.54) is 24.9 Å². The van der Waals surface area contributed by atoms with Crippen molar-refractivity contribution >= 4 is 5.65 Å². The molecule has 0 spiro atoms. The van der Waals surface area contributed by atoms with E-state index in [-0.39, 0.29) is 0 Å². The third-order valence-electron chi connectivity index (χ3n) is 3.89. The number of hydrogen-bond acceptors (Lipinski definition) is 3. The number of aromatic nitrogens is 3. The Hall–Kier alpha value is -1.42.